The first-order valence-electron chi connectivity index (χ1n) is 8.53. The number of carbonyl (C=O) groups is 1. The highest BCUT2D eigenvalue weighted by Gasteiger charge is 2.22. The highest BCUT2D eigenvalue weighted by Crippen LogP contribution is 2.28. The van der Waals surface area contributed by atoms with E-state index in [1.54, 1.807) is 12.1 Å². The SMILES string of the molecule is Cc1ccoc1C(=O)N[C@H](C)c1cc(F)ccc1N1CCN(C)CC1. The number of nitrogens with zero attached hydrogens (tertiary/aromatic N) is 2. The summed E-state index contributed by atoms with van der Waals surface area (Å²) in [5.74, 6) is -0.295. The Morgan fingerprint density at radius 2 is 1.96 bits per heavy atom. The molecule has 134 valence electrons. The van der Waals surface area contributed by atoms with Crippen molar-refractivity contribution in [2.75, 3.05) is 38.1 Å². The Morgan fingerprint density at radius 1 is 1.24 bits per heavy atom. The van der Waals surface area contributed by atoms with Gasteiger partial charge in [-0.3, -0.25) is 4.79 Å². The van der Waals surface area contributed by atoms with E-state index >= 15 is 0 Å². The van der Waals surface area contributed by atoms with Crippen LogP contribution in [0.25, 0.3) is 0 Å². The lowest BCUT2D eigenvalue weighted by Gasteiger charge is -2.36. The van der Waals surface area contributed by atoms with Gasteiger partial charge in [-0.1, -0.05) is 0 Å². The van der Waals surface area contributed by atoms with E-state index in [0.717, 1.165) is 43.0 Å². The Labute approximate surface area is 147 Å². The van der Waals surface area contributed by atoms with Gasteiger partial charge in [-0.25, -0.2) is 4.39 Å². The first-order chi connectivity index (χ1) is 12.0. The zero-order chi connectivity index (χ0) is 18.0. The number of aryl methyl sites for hydroxylation is 1. The highest BCUT2D eigenvalue weighted by molar-refractivity contribution is 5.93. The third kappa shape index (κ3) is 3.85. The lowest BCUT2D eigenvalue weighted by molar-refractivity contribution is 0.0911. The van der Waals surface area contributed by atoms with Crippen LogP contribution < -0.4 is 10.2 Å². The van der Waals surface area contributed by atoms with Crippen LogP contribution in [0, 0.1) is 12.7 Å². The maximum absolute atomic E-state index is 13.9. The van der Waals surface area contributed by atoms with E-state index in [2.05, 4.69) is 22.2 Å². The summed E-state index contributed by atoms with van der Waals surface area (Å²) in [6, 6.07) is 6.20. The first-order valence-corrected chi connectivity index (χ1v) is 8.53. The van der Waals surface area contributed by atoms with Crippen LogP contribution in [0.3, 0.4) is 0 Å². The highest BCUT2D eigenvalue weighted by atomic mass is 19.1. The summed E-state index contributed by atoms with van der Waals surface area (Å²) in [5.41, 5.74) is 2.53. The minimum atomic E-state index is -0.331. The number of carbonyl (C=O) groups excluding carboxylic acids is 1. The van der Waals surface area contributed by atoms with Crippen LogP contribution in [-0.4, -0.2) is 44.0 Å². The number of amides is 1. The molecule has 1 N–H and O–H groups in total. The smallest absolute Gasteiger partial charge is 0.287 e. The average molecular weight is 345 g/mol. The second kappa shape index (κ2) is 7.27. The lowest BCUT2D eigenvalue weighted by Crippen LogP contribution is -2.45. The van der Waals surface area contributed by atoms with Crippen LogP contribution in [0.2, 0.25) is 0 Å². The number of anilines is 1. The molecule has 1 fully saturated rings. The standard InChI is InChI=1S/C19H24FN3O2/c1-13-6-11-25-18(13)19(24)21-14(2)16-12-15(20)4-5-17(16)23-9-7-22(3)8-10-23/h4-6,11-12,14H,7-10H2,1-3H3,(H,21,24)/t14-/m1/s1. The van der Waals surface area contributed by atoms with Crippen LogP contribution in [0.15, 0.2) is 34.9 Å². The molecule has 1 aromatic carbocycles. The Hall–Kier alpha value is -2.34. The van der Waals surface area contributed by atoms with Gasteiger partial charge >= 0.3 is 0 Å². The van der Waals surface area contributed by atoms with Gasteiger partial charge in [0.25, 0.3) is 5.91 Å². The number of hydrogen-bond donors (Lipinski definition) is 1. The predicted octanol–water partition coefficient (Wildman–Crippen LogP) is 2.97. The molecule has 2 heterocycles. The maximum Gasteiger partial charge on any atom is 0.287 e. The Balaban J connectivity index is 1.81. The van der Waals surface area contributed by atoms with E-state index in [4.69, 9.17) is 4.42 Å². The molecule has 5 nitrogen and oxygen atoms in total. The van der Waals surface area contributed by atoms with Crippen molar-refractivity contribution in [3.8, 4) is 0 Å². The van der Waals surface area contributed by atoms with Crippen molar-refractivity contribution < 1.29 is 13.6 Å². The van der Waals surface area contributed by atoms with E-state index in [1.807, 2.05) is 13.8 Å². The van der Waals surface area contributed by atoms with Gasteiger partial charge in [0.2, 0.25) is 0 Å². The largest absolute Gasteiger partial charge is 0.459 e. The summed E-state index contributed by atoms with van der Waals surface area (Å²) in [5, 5.41) is 2.92. The number of piperazine rings is 1. The van der Waals surface area contributed by atoms with Gasteiger partial charge in [-0.2, -0.15) is 0 Å². The molecule has 0 radical (unpaired) electrons. The van der Waals surface area contributed by atoms with Gasteiger partial charge in [0.05, 0.1) is 12.3 Å². The molecular weight excluding hydrogens is 321 g/mol. The Bertz CT molecular complexity index is 751. The predicted molar refractivity (Wildman–Crippen MR) is 95.4 cm³/mol. The molecule has 0 spiro atoms. The van der Waals surface area contributed by atoms with Gasteiger partial charge in [0.1, 0.15) is 5.82 Å². The molecule has 1 aliphatic heterocycles. The quantitative estimate of drug-likeness (QED) is 0.926. The van der Waals surface area contributed by atoms with Crippen LogP contribution in [-0.2, 0) is 0 Å². The molecule has 3 rings (SSSR count). The number of rotatable bonds is 4. The zero-order valence-corrected chi connectivity index (χ0v) is 14.9. The molecular formula is C19H24FN3O2. The first kappa shape index (κ1) is 17.5. The molecule has 2 aromatic rings. The molecule has 6 heteroatoms. The summed E-state index contributed by atoms with van der Waals surface area (Å²) < 4.78 is 19.1. The zero-order valence-electron chi connectivity index (χ0n) is 14.9. The summed E-state index contributed by atoms with van der Waals surface area (Å²) in [7, 11) is 2.09. The van der Waals surface area contributed by atoms with Crippen LogP contribution in [0.1, 0.15) is 34.6 Å². The van der Waals surface area contributed by atoms with Gasteiger partial charge in [-0.15, -0.1) is 0 Å². The van der Waals surface area contributed by atoms with Crippen molar-refractivity contribution in [1.82, 2.24) is 10.2 Å². The molecule has 1 amide bonds. The van der Waals surface area contributed by atoms with E-state index in [1.165, 1.54) is 18.4 Å². The second-order valence-corrected chi connectivity index (χ2v) is 6.62. The average Bonchev–Trinajstić information content (AvgIpc) is 3.02. The van der Waals surface area contributed by atoms with E-state index < -0.39 is 0 Å². The van der Waals surface area contributed by atoms with E-state index in [-0.39, 0.29) is 17.8 Å². The van der Waals surface area contributed by atoms with Crippen LogP contribution in [0.4, 0.5) is 10.1 Å². The second-order valence-electron chi connectivity index (χ2n) is 6.62. The number of benzene rings is 1. The fourth-order valence-electron chi connectivity index (χ4n) is 3.15. The molecule has 0 bridgehead atoms. The maximum atomic E-state index is 13.9. The number of likely N-dealkylation sites (N-methyl/N-ethyl adjacent to an activating group) is 1. The molecule has 1 saturated heterocycles. The minimum absolute atomic E-state index is 0.288. The third-order valence-electron chi connectivity index (χ3n) is 4.72. The summed E-state index contributed by atoms with van der Waals surface area (Å²) >= 11 is 0. The minimum Gasteiger partial charge on any atom is -0.459 e. The van der Waals surface area contributed by atoms with Crippen molar-refractivity contribution in [2.24, 2.45) is 0 Å². The van der Waals surface area contributed by atoms with Crippen molar-refractivity contribution in [1.29, 1.82) is 0 Å². The Kier molecular flexibility index (Phi) is 5.08. The molecule has 25 heavy (non-hydrogen) atoms. The number of furan rings is 1. The normalized spacial score (nSPS) is 16.7. The molecule has 0 aliphatic carbocycles. The number of nitrogens with one attached hydrogen (secondary N) is 1. The number of halogens is 1. The van der Waals surface area contributed by atoms with E-state index in [0.29, 0.717) is 5.76 Å². The molecule has 1 aliphatic rings. The summed E-state index contributed by atoms with van der Waals surface area (Å²) in [4.78, 5) is 16.9. The van der Waals surface area contributed by atoms with Crippen molar-refractivity contribution in [2.45, 2.75) is 19.9 Å². The fraction of sp³-hybridized carbons (Fsp3) is 0.421. The van der Waals surface area contributed by atoms with Crippen LogP contribution >= 0.6 is 0 Å². The van der Waals surface area contributed by atoms with Gasteiger partial charge in [0, 0.05) is 43.0 Å². The van der Waals surface area contributed by atoms with Crippen LogP contribution in [0.5, 0.6) is 0 Å². The molecule has 0 unspecified atom stereocenters. The van der Waals surface area contributed by atoms with Crippen molar-refractivity contribution >= 4 is 11.6 Å². The Morgan fingerprint density at radius 3 is 2.60 bits per heavy atom. The molecule has 1 aromatic heterocycles. The fourth-order valence-corrected chi connectivity index (χ4v) is 3.15. The van der Waals surface area contributed by atoms with E-state index in [9.17, 15) is 9.18 Å². The monoisotopic (exact) mass is 345 g/mol. The number of hydrogen-bond acceptors (Lipinski definition) is 4. The lowest BCUT2D eigenvalue weighted by atomic mass is 10.0. The molecule has 0 saturated carbocycles. The van der Waals surface area contributed by atoms with Gasteiger partial charge in [0.15, 0.2) is 5.76 Å². The third-order valence-corrected chi connectivity index (χ3v) is 4.72. The summed E-state index contributed by atoms with van der Waals surface area (Å²) in [6.07, 6.45) is 1.49. The summed E-state index contributed by atoms with van der Waals surface area (Å²) in [6.45, 7) is 7.37. The van der Waals surface area contributed by atoms with Crippen molar-refractivity contribution in [3.63, 3.8) is 0 Å². The van der Waals surface area contributed by atoms with Gasteiger partial charge in [-0.05, 0) is 45.2 Å². The van der Waals surface area contributed by atoms with Crippen molar-refractivity contribution in [3.05, 3.63) is 53.2 Å². The molecule has 1 atom stereocenters. The van der Waals surface area contributed by atoms with Gasteiger partial charge < -0.3 is 19.5 Å². The topological polar surface area (TPSA) is 48.7 Å².